The Morgan fingerprint density at radius 2 is 1.11 bits per heavy atom. The summed E-state index contributed by atoms with van der Waals surface area (Å²) >= 11 is 0. The Morgan fingerprint density at radius 1 is 0.464 bits per heavy atom. The van der Waals surface area contributed by atoms with Gasteiger partial charge in [-0.3, -0.25) is 0 Å². The Labute approximate surface area is 323 Å². The van der Waals surface area contributed by atoms with Crippen molar-refractivity contribution in [3.63, 3.8) is 0 Å². The Balaban J connectivity index is 1.13. The third-order valence-electron chi connectivity index (χ3n) is 10.8. The first-order valence-electron chi connectivity index (χ1n) is 18.9. The van der Waals surface area contributed by atoms with Gasteiger partial charge in [0.15, 0.2) is 5.84 Å². The molecule has 0 amide bonds. The molecule has 1 aliphatic heterocycles. The normalized spacial score (nSPS) is 14.2. The maximum atomic E-state index is 6.88. The molecule has 5 heteroatoms. The third kappa shape index (κ3) is 5.40. The van der Waals surface area contributed by atoms with Crippen LogP contribution in [0.25, 0.3) is 71.7 Å². The highest BCUT2D eigenvalue weighted by molar-refractivity contribution is 6.23. The van der Waals surface area contributed by atoms with Gasteiger partial charge in [0.05, 0.1) is 11.0 Å². The van der Waals surface area contributed by atoms with Gasteiger partial charge in [-0.1, -0.05) is 146 Å². The summed E-state index contributed by atoms with van der Waals surface area (Å²) in [6.45, 7) is 0. The first kappa shape index (κ1) is 32.0. The summed E-state index contributed by atoms with van der Waals surface area (Å²) in [6, 6.07) is 68.0. The minimum absolute atomic E-state index is 0.322. The molecular formula is C51H34N4O. The predicted octanol–water partition coefficient (Wildman–Crippen LogP) is 12.5. The van der Waals surface area contributed by atoms with Crippen molar-refractivity contribution in [2.75, 3.05) is 0 Å². The number of furan rings is 1. The topological polar surface area (TPSA) is 54.8 Å². The van der Waals surface area contributed by atoms with Crippen LogP contribution in [0.4, 0.5) is 0 Å². The molecule has 5 nitrogen and oxygen atoms in total. The maximum absolute atomic E-state index is 6.88. The zero-order valence-corrected chi connectivity index (χ0v) is 30.3. The zero-order chi connectivity index (χ0) is 37.0. The molecule has 1 aliphatic rings. The fraction of sp³-hybridized carbons (Fsp3) is 0.0196. The number of fused-ring (bicyclic) bond motifs is 6. The van der Waals surface area contributed by atoms with E-state index >= 15 is 0 Å². The first-order chi connectivity index (χ1) is 27.7. The van der Waals surface area contributed by atoms with E-state index < -0.39 is 0 Å². The molecule has 0 fully saturated rings. The monoisotopic (exact) mass is 718 g/mol. The van der Waals surface area contributed by atoms with Gasteiger partial charge in [-0.25, -0.2) is 9.98 Å². The minimum atomic E-state index is -0.322. The van der Waals surface area contributed by atoms with Crippen LogP contribution in [0.5, 0.6) is 0 Å². The lowest BCUT2D eigenvalue weighted by Gasteiger charge is -2.24. The highest BCUT2D eigenvalue weighted by Gasteiger charge is 2.25. The van der Waals surface area contributed by atoms with Crippen LogP contribution in [0.2, 0.25) is 0 Å². The van der Waals surface area contributed by atoms with E-state index in [0.717, 1.165) is 72.3 Å². The number of nitrogens with zero attached hydrogens (tertiary/aromatic N) is 3. The largest absolute Gasteiger partial charge is 0.456 e. The Hall–Kier alpha value is -7.50. The van der Waals surface area contributed by atoms with Crippen molar-refractivity contribution in [1.82, 2.24) is 9.88 Å². The van der Waals surface area contributed by atoms with Gasteiger partial charge in [-0.2, -0.15) is 0 Å². The van der Waals surface area contributed by atoms with E-state index in [1.165, 1.54) is 21.9 Å². The zero-order valence-electron chi connectivity index (χ0n) is 30.3. The molecule has 0 aliphatic carbocycles. The number of aliphatic imine (C=N–C) groups is 2. The molecule has 0 saturated carbocycles. The lowest BCUT2D eigenvalue weighted by Crippen LogP contribution is -2.33. The van der Waals surface area contributed by atoms with Gasteiger partial charge in [-0.05, 0) is 70.3 Å². The number of nitrogens with one attached hydrogen (secondary N) is 1. The third-order valence-corrected chi connectivity index (χ3v) is 10.8. The molecule has 1 unspecified atom stereocenters. The van der Waals surface area contributed by atoms with Crippen molar-refractivity contribution in [1.29, 1.82) is 0 Å². The first-order valence-corrected chi connectivity index (χ1v) is 18.9. The predicted molar refractivity (Wildman–Crippen MR) is 231 cm³/mol. The number of aromatic nitrogens is 1. The SMILES string of the molecule is c1ccc(C2=NC(c3cc(-c4ccccc4)cc4oc5cc(-n6c7ccccc7c7cc(-c8ccccc8)ccc76)ccc5c34)=NC(c3ccccc3)N2)cc1. The lowest BCUT2D eigenvalue weighted by molar-refractivity contribution is 0.668. The van der Waals surface area contributed by atoms with Crippen LogP contribution in [0, 0.1) is 0 Å². The molecule has 0 saturated heterocycles. The molecule has 264 valence electrons. The summed E-state index contributed by atoms with van der Waals surface area (Å²) in [6.07, 6.45) is -0.322. The van der Waals surface area contributed by atoms with Crippen molar-refractivity contribution in [3.05, 3.63) is 211 Å². The molecule has 11 rings (SSSR count). The number of para-hydroxylation sites is 1. The van der Waals surface area contributed by atoms with Crippen molar-refractivity contribution in [2.45, 2.75) is 6.17 Å². The standard InChI is InChI=1S/C51H34N4O/c1-5-15-33(16-6-1)37-25-28-45-42(29-37)40-23-13-14-24-44(40)55(45)39-26-27-41-46(32-39)56-47-31-38(34-17-7-2-8-18-34)30-43(48(41)47)51-53-49(35-19-9-3-10-20-35)52-50(54-51)36-21-11-4-12-22-36/h1-32,49H,(H,52,53,54). The Bertz CT molecular complexity index is 3140. The minimum Gasteiger partial charge on any atom is -0.456 e. The average Bonchev–Trinajstić information content (AvgIpc) is 3.82. The van der Waals surface area contributed by atoms with E-state index in [1.54, 1.807) is 0 Å². The molecule has 1 N–H and O–H groups in total. The van der Waals surface area contributed by atoms with Crippen molar-refractivity contribution in [2.24, 2.45) is 9.98 Å². The Kier molecular flexibility index (Phi) is 7.49. The summed E-state index contributed by atoms with van der Waals surface area (Å²) in [4.78, 5) is 10.5. The number of hydrogen-bond acceptors (Lipinski definition) is 4. The van der Waals surface area contributed by atoms with Crippen LogP contribution >= 0.6 is 0 Å². The maximum Gasteiger partial charge on any atom is 0.160 e. The summed E-state index contributed by atoms with van der Waals surface area (Å²) in [5.74, 6) is 1.43. The number of benzene rings is 8. The van der Waals surface area contributed by atoms with Gasteiger partial charge < -0.3 is 14.3 Å². The second-order valence-electron chi connectivity index (χ2n) is 14.2. The van der Waals surface area contributed by atoms with Crippen LogP contribution in [0.1, 0.15) is 22.9 Å². The smallest absolute Gasteiger partial charge is 0.160 e. The summed E-state index contributed by atoms with van der Waals surface area (Å²) in [7, 11) is 0. The number of rotatable bonds is 6. The lowest BCUT2D eigenvalue weighted by atomic mass is 9.97. The summed E-state index contributed by atoms with van der Waals surface area (Å²) in [5.41, 5.74) is 12.4. The van der Waals surface area contributed by atoms with Crippen molar-refractivity contribution in [3.8, 4) is 27.9 Å². The molecule has 8 aromatic carbocycles. The van der Waals surface area contributed by atoms with E-state index in [9.17, 15) is 0 Å². The van der Waals surface area contributed by atoms with Crippen molar-refractivity contribution >= 4 is 55.4 Å². The van der Waals surface area contributed by atoms with Crippen LogP contribution < -0.4 is 5.32 Å². The van der Waals surface area contributed by atoms with Crippen LogP contribution in [-0.2, 0) is 0 Å². The fourth-order valence-corrected chi connectivity index (χ4v) is 8.19. The van der Waals surface area contributed by atoms with E-state index in [0.29, 0.717) is 5.84 Å². The van der Waals surface area contributed by atoms with Gasteiger partial charge in [-0.15, -0.1) is 0 Å². The van der Waals surface area contributed by atoms with Gasteiger partial charge in [0.2, 0.25) is 0 Å². The summed E-state index contributed by atoms with van der Waals surface area (Å²) < 4.78 is 9.22. The number of amidine groups is 2. The van der Waals surface area contributed by atoms with Gasteiger partial charge in [0.25, 0.3) is 0 Å². The molecule has 2 aromatic heterocycles. The van der Waals surface area contributed by atoms with E-state index in [2.05, 4.69) is 174 Å². The van der Waals surface area contributed by atoms with Crippen LogP contribution in [0.15, 0.2) is 209 Å². The molecule has 1 atom stereocenters. The second-order valence-corrected chi connectivity index (χ2v) is 14.2. The van der Waals surface area contributed by atoms with Crippen LogP contribution in [0.3, 0.4) is 0 Å². The average molecular weight is 719 g/mol. The highest BCUT2D eigenvalue weighted by atomic mass is 16.3. The molecule has 10 aromatic rings. The number of hydrogen-bond donors (Lipinski definition) is 1. The van der Waals surface area contributed by atoms with E-state index in [1.807, 2.05) is 30.3 Å². The molecule has 3 heterocycles. The van der Waals surface area contributed by atoms with Gasteiger partial charge in [0.1, 0.15) is 23.2 Å². The molecule has 0 bridgehead atoms. The second kappa shape index (κ2) is 13.1. The summed E-state index contributed by atoms with van der Waals surface area (Å²) in [5, 5.41) is 8.04. The van der Waals surface area contributed by atoms with E-state index in [4.69, 9.17) is 14.4 Å². The van der Waals surface area contributed by atoms with Gasteiger partial charge in [0, 0.05) is 44.4 Å². The quantitative estimate of drug-likeness (QED) is 0.186. The van der Waals surface area contributed by atoms with Crippen LogP contribution in [-0.4, -0.2) is 16.2 Å². The van der Waals surface area contributed by atoms with Gasteiger partial charge >= 0.3 is 0 Å². The molecule has 0 radical (unpaired) electrons. The van der Waals surface area contributed by atoms with Crippen molar-refractivity contribution < 1.29 is 4.42 Å². The van der Waals surface area contributed by atoms with E-state index in [-0.39, 0.29) is 6.17 Å². The molecular weight excluding hydrogens is 685 g/mol. The Morgan fingerprint density at radius 3 is 1.86 bits per heavy atom. The highest BCUT2D eigenvalue weighted by Crippen LogP contribution is 2.40. The molecule has 0 spiro atoms. The molecule has 56 heavy (non-hydrogen) atoms. The fourth-order valence-electron chi connectivity index (χ4n) is 8.19.